The molecule has 0 N–H and O–H groups in total. The zero-order valence-electron chi connectivity index (χ0n) is 18.7. The molecule has 0 unspecified atom stereocenters. The molecule has 9 heteroatoms. The lowest BCUT2D eigenvalue weighted by Gasteiger charge is -2.29. The lowest BCUT2D eigenvalue weighted by atomic mass is 9.99. The van der Waals surface area contributed by atoms with E-state index in [0.29, 0.717) is 34.3 Å². The van der Waals surface area contributed by atoms with Gasteiger partial charge in [-0.25, -0.2) is 9.78 Å². The van der Waals surface area contributed by atoms with Gasteiger partial charge in [-0.1, -0.05) is 29.3 Å². The van der Waals surface area contributed by atoms with Crippen molar-refractivity contribution in [3.05, 3.63) is 80.3 Å². The SMILES string of the molecule is COc1ccc2c(c1)CN(C(=O)Cn1c(=O)n(C)c3cc(-c4cc(Cl)cc(Cl)c4)cnc31)CC2. The van der Waals surface area contributed by atoms with Crippen LogP contribution in [0.5, 0.6) is 5.75 Å². The van der Waals surface area contributed by atoms with E-state index < -0.39 is 0 Å². The van der Waals surface area contributed by atoms with Crippen molar-refractivity contribution >= 4 is 40.3 Å². The number of aryl methyl sites for hydroxylation is 1. The van der Waals surface area contributed by atoms with Crippen molar-refractivity contribution in [1.82, 2.24) is 19.0 Å². The van der Waals surface area contributed by atoms with E-state index in [9.17, 15) is 9.59 Å². The van der Waals surface area contributed by atoms with Crippen LogP contribution in [0.4, 0.5) is 0 Å². The number of hydrogen-bond acceptors (Lipinski definition) is 4. The number of benzene rings is 2. The fraction of sp³-hybridized carbons (Fsp3) is 0.240. The zero-order chi connectivity index (χ0) is 24.0. The largest absolute Gasteiger partial charge is 0.497 e. The van der Waals surface area contributed by atoms with E-state index in [-0.39, 0.29) is 18.1 Å². The fourth-order valence-corrected chi connectivity index (χ4v) is 4.93. The normalized spacial score (nSPS) is 13.2. The fourth-order valence-electron chi connectivity index (χ4n) is 4.40. The summed E-state index contributed by atoms with van der Waals surface area (Å²) in [6.07, 6.45) is 2.42. The molecule has 0 saturated heterocycles. The number of fused-ring (bicyclic) bond motifs is 2. The molecule has 0 radical (unpaired) electrons. The van der Waals surface area contributed by atoms with Crippen molar-refractivity contribution in [2.75, 3.05) is 13.7 Å². The van der Waals surface area contributed by atoms with Crippen LogP contribution in [0.1, 0.15) is 11.1 Å². The second-order valence-electron chi connectivity index (χ2n) is 8.35. The van der Waals surface area contributed by atoms with Gasteiger partial charge in [0, 0.05) is 41.9 Å². The van der Waals surface area contributed by atoms with Crippen LogP contribution in [0, 0.1) is 0 Å². The number of aromatic nitrogens is 3. The van der Waals surface area contributed by atoms with Gasteiger partial charge in [-0.15, -0.1) is 0 Å². The predicted octanol–water partition coefficient (Wildman–Crippen LogP) is 4.30. The van der Waals surface area contributed by atoms with Crippen LogP contribution in [0.15, 0.2) is 53.5 Å². The molecule has 2 aromatic heterocycles. The van der Waals surface area contributed by atoms with Gasteiger partial charge in [-0.05, 0) is 59.5 Å². The lowest BCUT2D eigenvalue weighted by Crippen LogP contribution is -2.39. The minimum atomic E-state index is -0.295. The minimum Gasteiger partial charge on any atom is -0.497 e. The van der Waals surface area contributed by atoms with Gasteiger partial charge in [-0.3, -0.25) is 13.9 Å². The van der Waals surface area contributed by atoms with E-state index in [0.717, 1.165) is 28.9 Å². The minimum absolute atomic E-state index is 0.0786. The van der Waals surface area contributed by atoms with E-state index in [1.807, 2.05) is 24.3 Å². The average Bonchev–Trinajstić information content (AvgIpc) is 3.07. The molecular formula is C25H22Cl2N4O3. The second-order valence-corrected chi connectivity index (χ2v) is 9.23. The van der Waals surface area contributed by atoms with Gasteiger partial charge in [0.05, 0.1) is 12.6 Å². The monoisotopic (exact) mass is 496 g/mol. The van der Waals surface area contributed by atoms with Crippen LogP contribution >= 0.6 is 23.2 Å². The summed E-state index contributed by atoms with van der Waals surface area (Å²) in [6, 6.07) is 13.0. The molecule has 1 aliphatic rings. The van der Waals surface area contributed by atoms with Gasteiger partial charge < -0.3 is 9.64 Å². The average molecular weight is 497 g/mol. The Kier molecular flexibility index (Phi) is 5.83. The van der Waals surface area contributed by atoms with Crippen molar-refractivity contribution in [2.45, 2.75) is 19.5 Å². The number of imidazole rings is 1. The second kappa shape index (κ2) is 8.81. The van der Waals surface area contributed by atoms with Crippen LogP contribution in [0.2, 0.25) is 10.0 Å². The zero-order valence-corrected chi connectivity index (χ0v) is 20.2. The summed E-state index contributed by atoms with van der Waals surface area (Å²) in [6.45, 7) is 1.01. The number of halogens is 2. The highest BCUT2D eigenvalue weighted by Gasteiger charge is 2.23. The Balaban J connectivity index is 1.44. The molecule has 2 aromatic carbocycles. The quantitative estimate of drug-likeness (QED) is 0.422. The highest BCUT2D eigenvalue weighted by Crippen LogP contribution is 2.29. The Morgan fingerprint density at radius 2 is 1.82 bits per heavy atom. The maximum Gasteiger partial charge on any atom is 0.330 e. The lowest BCUT2D eigenvalue weighted by molar-refractivity contribution is -0.132. The van der Waals surface area contributed by atoms with E-state index in [1.165, 1.54) is 14.7 Å². The maximum atomic E-state index is 13.2. The molecule has 0 bridgehead atoms. The van der Waals surface area contributed by atoms with Crippen molar-refractivity contribution in [3.8, 4) is 16.9 Å². The molecule has 34 heavy (non-hydrogen) atoms. The van der Waals surface area contributed by atoms with Gasteiger partial charge >= 0.3 is 5.69 Å². The molecule has 0 spiro atoms. The van der Waals surface area contributed by atoms with Gasteiger partial charge in [0.25, 0.3) is 0 Å². The van der Waals surface area contributed by atoms with Crippen molar-refractivity contribution in [3.63, 3.8) is 0 Å². The number of amides is 1. The summed E-state index contributed by atoms with van der Waals surface area (Å²) >= 11 is 12.3. The van der Waals surface area contributed by atoms with E-state index >= 15 is 0 Å². The summed E-state index contributed by atoms with van der Waals surface area (Å²) in [4.78, 5) is 32.5. The standard InChI is InChI=1S/C25H22Cl2N4O3/c1-29-22-10-17(16-7-19(26)11-20(27)8-16)12-28-24(22)31(25(29)33)14-23(32)30-6-5-15-3-4-21(34-2)9-18(15)13-30/h3-4,7-12H,5-6,13-14H2,1-2H3. The summed E-state index contributed by atoms with van der Waals surface area (Å²) in [7, 11) is 3.30. The predicted molar refractivity (Wildman–Crippen MR) is 133 cm³/mol. The van der Waals surface area contributed by atoms with Gasteiger partial charge in [-0.2, -0.15) is 0 Å². The summed E-state index contributed by atoms with van der Waals surface area (Å²) in [5, 5.41) is 1.03. The first-order valence-electron chi connectivity index (χ1n) is 10.8. The van der Waals surface area contributed by atoms with Crippen LogP contribution in [0.3, 0.4) is 0 Å². The maximum absolute atomic E-state index is 13.2. The van der Waals surface area contributed by atoms with Gasteiger partial charge in [0.2, 0.25) is 5.91 Å². The van der Waals surface area contributed by atoms with E-state index in [4.69, 9.17) is 27.9 Å². The summed E-state index contributed by atoms with van der Waals surface area (Å²) in [5.74, 6) is 0.634. The number of methoxy groups -OCH3 is 1. The smallest absolute Gasteiger partial charge is 0.330 e. The first kappa shape index (κ1) is 22.5. The van der Waals surface area contributed by atoms with E-state index in [2.05, 4.69) is 4.98 Å². The molecule has 5 rings (SSSR count). The summed E-state index contributed by atoms with van der Waals surface area (Å²) < 4.78 is 8.24. The Labute approximate surface area is 206 Å². The third-order valence-electron chi connectivity index (χ3n) is 6.25. The van der Waals surface area contributed by atoms with Crippen LogP contribution < -0.4 is 10.4 Å². The highest BCUT2D eigenvalue weighted by atomic mass is 35.5. The molecule has 3 heterocycles. The molecule has 174 valence electrons. The Morgan fingerprint density at radius 3 is 2.56 bits per heavy atom. The van der Waals surface area contributed by atoms with Crippen LogP contribution in [-0.4, -0.2) is 38.6 Å². The molecule has 1 aliphatic heterocycles. The molecule has 0 atom stereocenters. The number of carbonyl (C=O) groups is 1. The third-order valence-corrected chi connectivity index (χ3v) is 6.69. The molecule has 0 aliphatic carbocycles. The molecule has 0 fully saturated rings. The van der Waals surface area contributed by atoms with Crippen LogP contribution in [0.25, 0.3) is 22.3 Å². The number of hydrogen-bond donors (Lipinski definition) is 0. The molecule has 4 aromatic rings. The number of pyridine rings is 1. The number of carbonyl (C=O) groups excluding carboxylic acids is 1. The van der Waals surface area contributed by atoms with Crippen molar-refractivity contribution < 1.29 is 9.53 Å². The van der Waals surface area contributed by atoms with E-state index in [1.54, 1.807) is 43.5 Å². The van der Waals surface area contributed by atoms with Crippen molar-refractivity contribution in [1.29, 1.82) is 0 Å². The van der Waals surface area contributed by atoms with Gasteiger partial charge in [0.15, 0.2) is 5.65 Å². The van der Waals surface area contributed by atoms with Gasteiger partial charge in [0.1, 0.15) is 12.3 Å². The molecule has 1 amide bonds. The Hall–Kier alpha value is -3.29. The highest BCUT2D eigenvalue weighted by molar-refractivity contribution is 6.35. The van der Waals surface area contributed by atoms with Crippen LogP contribution in [-0.2, 0) is 31.4 Å². The molecular weight excluding hydrogens is 475 g/mol. The summed E-state index contributed by atoms with van der Waals surface area (Å²) in [5.41, 5.74) is 4.63. The molecule has 0 saturated carbocycles. The Morgan fingerprint density at radius 1 is 1.06 bits per heavy atom. The number of ether oxygens (including phenoxy) is 1. The first-order valence-corrected chi connectivity index (χ1v) is 11.5. The number of nitrogens with zero attached hydrogens (tertiary/aromatic N) is 4. The number of rotatable bonds is 4. The Bertz CT molecular complexity index is 1470. The third kappa shape index (κ3) is 4.06. The first-order chi connectivity index (χ1) is 16.3. The topological polar surface area (TPSA) is 69.4 Å². The molecule has 7 nitrogen and oxygen atoms in total. The van der Waals surface area contributed by atoms with Crippen molar-refractivity contribution in [2.24, 2.45) is 7.05 Å².